The largest absolute Gasteiger partial charge is 0.0648 e. The van der Waals surface area contributed by atoms with Crippen LogP contribution in [0.4, 0.5) is 0 Å². The molecule has 0 heteroatoms. The molecule has 1 unspecified atom stereocenters. The van der Waals surface area contributed by atoms with E-state index in [-0.39, 0.29) is 0 Å². The van der Waals surface area contributed by atoms with Gasteiger partial charge in [-0.05, 0) is 55.7 Å². The van der Waals surface area contributed by atoms with Gasteiger partial charge in [0.25, 0.3) is 0 Å². The van der Waals surface area contributed by atoms with E-state index >= 15 is 0 Å². The number of rotatable bonds is 3. The Labute approximate surface area is 94.7 Å². The van der Waals surface area contributed by atoms with E-state index in [9.17, 15) is 0 Å². The lowest BCUT2D eigenvalue weighted by molar-refractivity contribution is 0.481. The summed E-state index contributed by atoms with van der Waals surface area (Å²) in [5, 5.41) is 0. The van der Waals surface area contributed by atoms with Crippen molar-refractivity contribution in [3.63, 3.8) is 0 Å². The molecule has 0 saturated carbocycles. The first-order chi connectivity index (χ1) is 6.97. The van der Waals surface area contributed by atoms with Crippen molar-refractivity contribution in [3.05, 3.63) is 34.4 Å². The number of hydrogen-bond acceptors (Lipinski definition) is 0. The zero-order valence-electron chi connectivity index (χ0n) is 11.0. The van der Waals surface area contributed by atoms with Crippen molar-refractivity contribution in [2.24, 2.45) is 5.92 Å². The van der Waals surface area contributed by atoms with Crippen molar-refractivity contribution in [3.8, 4) is 0 Å². The first-order valence-corrected chi connectivity index (χ1v) is 6.05. The van der Waals surface area contributed by atoms with E-state index in [4.69, 9.17) is 0 Å². The Balaban J connectivity index is 3.23. The lowest BCUT2D eigenvalue weighted by Crippen LogP contribution is -2.09. The van der Waals surface area contributed by atoms with E-state index in [0.717, 1.165) is 5.92 Å². The summed E-state index contributed by atoms with van der Waals surface area (Å²) in [6.45, 7) is 13.6. The molecule has 0 aliphatic rings. The van der Waals surface area contributed by atoms with Gasteiger partial charge in [0.15, 0.2) is 0 Å². The number of aryl methyl sites for hydroxylation is 3. The summed E-state index contributed by atoms with van der Waals surface area (Å²) in [4.78, 5) is 0. The fourth-order valence-corrected chi connectivity index (χ4v) is 2.78. The van der Waals surface area contributed by atoms with Crippen LogP contribution in [0.25, 0.3) is 0 Å². The molecule has 0 radical (unpaired) electrons. The van der Waals surface area contributed by atoms with E-state index < -0.39 is 0 Å². The van der Waals surface area contributed by atoms with Gasteiger partial charge >= 0.3 is 0 Å². The highest BCUT2D eigenvalue weighted by Crippen LogP contribution is 2.32. The first-order valence-electron chi connectivity index (χ1n) is 6.05. The van der Waals surface area contributed by atoms with Crippen LogP contribution in [0.5, 0.6) is 0 Å². The molecule has 0 aliphatic heterocycles. The van der Waals surface area contributed by atoms with Crippen molar-refractivity contribution >= 4 is 0 Å². The summed E-state index contributed by atoms with van der Waals surface area (Å²) >= 11 is 0. The maximum atomic E-state index is 2.33. The smallest absolute Gasteiger partial charge is 0.0136 e. The molecule has 0 nitrogen and oxygen atoms in total. The molecule has 0 bridgehead atoms. The van der Waals surface area contributed by atoms with Gasteiger partial charge < -0.3 is 0 Å². The maximum Gasteiger partial charge on any atom is -0.0136 e. The fraction of sp³-hybridized carbons (Fsp3) is 0.600. The molecule has 1 aromatic rings. The Morgan fingerprint density at radius 2 is 1.47 bits per heavy atom. The molecule has 15 heavy (non-hydrogen) atoms. The quantitative estimate of drug-likeness (QED) is 0.666. The third kappa shape index (κ3) is 2.62. The van der Waals surface area contributed by atoms with E-state index in [2.05, 4.69) is 53.7 Å². The van der Waals surface area contributed by atoms with Crippen molar-refractivity contribution in [1.29, 1.82) is 0 Å². The molecule has 0 heterocycles. The minimum absolute atomic E-state index is 0.714. The monoisotopic (exact) mass is 204 g/mol. The second kappa shape index (κ2) is 4.83. The molecule has 0 saturated heterocycles. The highest BCUT2D eigenvalue weighted by atomic mass is 14.2. The standard InChI is InChI=1S/C15H24/c1-7-14(10(2)3)15-12(5)8-11(4)9-13(15)6/h8-10,14H,7H2,1-6H3. The van der Waals surface area contributed by atoms with Gasteiger partial charge in [-0.15, -0.1) is 0 Å². The van der Waals surface area contributed by atoms with Crippen molar-refractivity contribution < 1.29 is 0 Å². The molecular formula is C15H24. The lowest BCUT2D eigenvalue weighted by atomic mass is 9.81. The Morgan fingerprint density at radius 1 is 1.00 bits per heavy atom. The van der Waals surface area contributed by atoms with Gasteiger partial charge in [0.1, 0.15) is 0 Å². The summed E-state index contributed by atoms with van der Waals surface area (Å²) in [6.07, 6.45) is 1.24. The molecule has 0 aromatic heterocycles. The second-order valence-electron chi connectivity index (χ2n) is 5.07. The van der Waals surface area contributed by atoms with Gasteiger partial charge in [-0.2, -0.15) is 0 Å². The topological polar surface area (TPSA) is 0 Å². The molecule has 1 rings (SSSR count). The predicted molar refractivity (Wildman–Crippen MR) is 68.5 cm³/mol. The molecule has 0 amide bonds. The summed E-state index contributed by atoms with van der Waals surface area (Å²) in [5.41, 5.74) is 5.89. The van der Waals surface area contributed by atoms with Crippen LogP contribution < -0.4 is 0 Å². The number of hydrogen-bond donors (Lipinski definition) is 0. The molecule has 84 valence electrons. The van der Waals surface area contributed by atoms with Gasteiger partial charge in [-0.1, -0.05) is 38.5 Å². The average molecular weight is 204 g/mol. The van der Waals surface area contributed by atoms with Gasteiger partial charge in [-0.3, -0.25) is 0 Å². The molecule has 0 fully saturated rings. The molecule has 1 aromatic carbocycles. The van der Waals surface area contributed by atoms with Crippen LogP contribution in [-0.4, -0.2) is 0 Å². The SMILES string of the molecule is CCC(c1c(C)cc(C)cc1C)C(C)C. The Hall–Kier alpha value is -0.780. The molecule has 0 N–H and O–H groups in total. The van der Waals surface area contributed by atoms with E-state index in [1.54, 1.807) is 5.56 Å². The van der Waals surface area contributed by atoms with Crippen LogP contribution >= 0.6 is 0 Å². The minimum Gasteiger partial charge on any atom is -0.0648 e. The van der Waals surface area contributed by atoms with Gasteiger partial charge in [0, 0.05) is 0 Å². The van der Waals surface area contributed by atoms with Gasteiger partial charge in [0.05, 0.1) is 0 Å². The molecule has 1 atom stereocenters. The van der Waals surface area contributed by atoms with Crippen LogP contribution in [0, 0.1) is 26.7 Å². The minimum atomic E-state index is 0.714. The van der Waals surface area contributed by atoms with Crippen molar-refractivity contribution in [2.75, 3.05) is 0 Å². The van der Waals surface area contributed by atoms with Crippen LogP contribution in [0.15, 0.2) is 12.1 Å². The summed E-state index contributed by atoms with van der Waals surface area (Å²) in [5.74, 6) is 1.45. The summed E-state index contributed by atoms with van der Waals surface area (Å²) < 4.78 is 0. The second-order valence-corrected chi connectivity index (χ2v) is 5.07. The van der Waals surface area contributed by atoms with Crippen LogP contribution in [0.3, 0.4) is 0 Å². The van der Waals surface area contributed by atoms with E-state index in [1.807, 2.05) is 0 Å². The Bertz CT molecular complexity index is 311. The van der Waals surface area contributed by atoms with Crippen LogP contribution in [-0.2, 0) is 0 Å². The highest BCUT2D eigenvalue weighted by molar-refractivity contribution is 5.40. The zero-order chi connectivity index (χ0) is 11.6. The third-order valence-corrected chi connectivity index (χ3v) is 3.35. The zero-order valence-corrected chi connectivity index (χ0v) is 11.0. The third-order valence-electron chi connectivity index (χ3n) is 3.35. The average Bonchev–Trinajstić information content (AvgIpc) is 2.09. The van der Waals surface area contributed by atoms with Gasteiger partial charge in [0.2, 0.25) is 0 Å². The Kier molecular flexibility index (Phi) is 3.96. The Morgan fingerprint density at radius 3 is 1.80 bits per heavy atom. The first kappa shape index (κ1) is 12.3. The number of benzene rings is 1. The summed E-state index contributed by atoms with van der Waals surface area (Å²) in [7, 11) is 0. The highest BCUT2D eigenvalue weighted by Gasteiger charge is 2.17. The predicted octanol–water partition coefficient (Wildman–Crippen LogP) is 4.76. The fourth-order valence-electron chi connectivity index (χ4n) is 2.78. The van der Waals surface area contributed by atoms with Crippen molar-refractivity contribution in [1.82, 2.24) is 0 Å². The normalized spacial score (nSPS) is 13.3. The van der Waals surface area contributed by atoms with Crippen LogP contribution in [0.1, 0.15) is 55.4 Å². The molecular weight excluding hydrogens is 180 g/mol. The summed E-state index contributed by atoms with van der Waals surface area (Å²) in [6, 6.07) is 4.63. The maximum absolute atomic E-state index is 2.33. The van der Waals surface area contributed by atoms with E-state index in [1.165, 1.54) is 23.1 Å². The molecule has 0 spiro atoms. The molecule has 0 aliphatic carbocycles. The van der Waals surface area contributed by atoms with Crippen LogP contribution in [0.2, 0.25) is 0 Å². The van der Waals surface area contributed by atoms with Gasteiger partial charge in [-0.25, -0.2) is 0 Å². The van der Waals surface area contributed by atoms with Crippen molar-refractivity contribution in [2.45, 2.75) is 53.9 Å². The van der Waals surface area contributed by atoms with E-state index in [0.29, 0.717) is 5.92 Å². The lowest BCUT2D eigenvalue weighted by Gasteiger charge is -2.24.